The van der Waals surface area contributed by atoms with Gasteiger partial charge in [-0.1, -0.05) is 109 Å². The molecule has 0 fully saturated rings. The Morgan fingerprint density at radius 2 is 0.908 bits per heavy atom. The third-order valence-corrected chi connectivity index (χ3v) is 12.6. The lowest BCUT2D eigenvalue weighted by atomic mass is 9.93. The Morgan fingerprint density at radius 1 is 0.400 bits per heavy atom. The summed E-state index contributed by atoms with van der Waals surface area (Å²) in [6.07, 6.45) is 0. The summed E-state index contributed by atoms with van der Waals surface area (Å²) in [4.78, 5) is 3.96. The summed E-state index contributed by atoms with van der Waals surface area (Å²) in [5.41, 5.74) is 16.7. The highest BCUT2D eigenvalue weighted by Gasteiger charge is 2.23. The number of rotatable bonds is 6. The van der Waals surface area contributed by atoms with Crippen molar-refractivity contribution in [1.82, 2.24) is 9.13 Å². The van der Waals surface area contributed by atoms with Crippen molar-refractivity contribution in [2.24, 2.45) is 0 Å². The van der Waals surface area contributed by atoms with Crippen LogP contribution < -0.4 is 0 Å². The molecule has 0 spiro atoms. The van der Waals surface area contributed by atoms with Gasteiger partial charge < -0.3 is 9.13 Å². The summed E-state index contributed by atoms with van der Waals surface area (Å²) in [5.74, 6) is 0. The molecule has 2 aromatic heterocycles. The van der Waals surface area contributed by atoms with Crippen LogP contribution in [0.15, 0.2) is 188 Å². The smallest absolute Gasteiger partial charge is 0.188 e. The second kappa shape index (κ2) is 15.5. The van der Waals surface area contributed by atoms with Crippen LogP contribution in [0.2, 0.25) is 0 Å². The first-order valence-corrected chi connectivity index (χ1v) is 21.2. The van der Waals surface area contributed by atoms with Gasteiger partial charge >= 0.3 is 0 Å². The average molecular weight is 827 g/mol. The van der Waals surface area contributed by atoms with E-state index in [4.69, 9.17) is 6.57 Å². The highest BCUT2D eigenvalue weighted by molar-refractivity contribution is 6.13. The Labute approximate surface area is 375 Å². The highest BCUT2D eigenvalue weighted by Crippen LogP contribution is 2.45. The van der Waals surface area contributed by atoms with E-state index >= 15 is 0 Å². The van der Waals surface area contributed by atoms with Gasteiger partial charge in [-0.05, 0) is 130 Å². The van der Waals surface area contributed by atoms with Gasteiger partial charge in [0.1, 0.15) is 0 Å². The monoisotopic (exact) mass is 826 g/mol. The zero-order valence-corrected chi connectivity index (χ0v) is 35.1. The van der Waals surface area contributed by atoms with Gasteiger partial charge in [0.2, 0.25) is 0 Å². The SMILES string of the molecule is [C-]#[N+]c1ccc(-n2c3ccccc3c3cc(-c4ccccc4C#N)ccc32)c(-c2ccc(-c3ccc(C#N)cc3C)cc2-n2c3ccccc3c3cc(-c4ccccc4C#N)ccc32)c1. The number of benzene rings is 9. The van der Waals surface area contributed by atoms with Crippen molar-refractivity contribution in [2.45, 2.75) is 6.92 Å². The van der Waals surface area contributed by atoms with Crippen molar-refractivity contribution in [3.63, 3.8) is 0 Å². The van der Waals surface area contributed by atoms with Crippen molar-refractivity contribution in [1.29, 1.82) is 15.8 Å². The number of para-hydroxylation sites is 2. The van der Waals surface area contributed by atoms with Crippen molar-refractivity contribution in [3.05, 3.63) is 222 Å². The van der Waals surface area contributed by atoms with Crippen LogP contribution in [-0.2, 0) is 0 Å². The molecular formula is C59H34N6. The minimum absolute atomic E-state index is 0.515. The molecule has 0 aliphatic heterocycles. The molecular weight excluding hydrogens is 793 g/mol. The molecule has 0 unspecified atom stereocenters. The molecule has 11 aromatic rings. The van der Waals surface area contributed by atoms with E-state index in [0.717, 1.165) is 105 Å². The van der Waals surface area contributed by atoms with Gasteiger partial charge in [-0.2, -0.15) is 15.8 Å². The Kier molecular flexibility index (Phi) is 9.15. The van der Waals surface area contributed by atoms with Gasteiger partial charge in [0.05, 0.1) is 74.9 Å². The van der Waals surface area contributed by atoms with Gasteiger partial charge in [-0.3, -0.25) is 0 Å². The zero-order valence-electron chi connectivity index (χ0n) is 35.1. The van der Waals surface area contributed by atoms with E-state index < -0.39 is 0 Å². The lowest BCUT2D eigenvalue weighted by Crippen LogP contribution is -2.02. The first-order valence-electron chi connectivity index (χ1n) is 21.2. The number of nitrogens with zero attached hydrogens (tertiary/aromatic N) is 6. The van der Waals surface area contributed by atoms with E-state index in [-0.39, 0.29) is 0 Å². The number of hydrogen-bond donors (Lipinski definition) is 0. The predicted molar refractivity (Wildman–Crippen MR) is 262 cm³/mol. The largest absolute Gasteiger partial charge is 0.309 e. The number of fused-ring (bicyclic) bond motifs is 6. The first kappa shape index (κ1) is 38.5. The molecule has 0 saturated heterocycles. The van der Waals surface area contributed by atoms with Crippen LogP contribution in [0.3, 0.4) is 0 Å². The molecule has 6 nitrogen and oxygen atoms in total. The Bertz CT molecular complexity index is 3970. The molecule has 0 radical (unpaired) electrons. The molecule has 0 bridgehead atoms. The van der Waals surface area contributed by atoms with Gasteiger partial charge in [0.25, 0.3) is 0 Å². The van der Waals surface area contributed by atoms with Crippen LogP contribution in [0.5, 0.6) is 0 Å². The Morgan fingerprint density at radius 3 is 1.48 bits per heavy atom. The molecule has 0 aliphatic carbocycles. The molecule has 0 aliphatic rings. The maximum absolute atomic E-state index is 10.0. The van der Waals surface area contributed by atoms with Crippen LogP contribution in [0.25, 0.3) is 104 Å². The third kappa shape index (κ3) is 6.22. The maximum Gasteiger partial charge on any atom is 0.188 e. The molecule has 6 heteroatoms. The van der Waals surface area contributed by atoms with Crippen molar-refractivity contribution in [3.8, 4) is 74.1 Å². The topological polar surface area (TPSA) is 85.6 Å². The summed E-state index contributed by atoms with van der Waals surface area (Å²) in [6, 6.07) is 70.3. The van der Waals surface area contributed by atoms with Crippen molar-refractivity contribution in [2.75, 3.05) is 0 Å². The minimum atomic E-state index is 0.515. The number of hydrogen-bond acceptors (Lipinski definition) is 3. The highest BCUT2D eigenvalue weighted by atomic mass is 15.0. The molecule has 65 heavy (non-hydrogen) atoms. The molecule has 9 aromatic carbocycles. The predicted octanol–water partition coefficient (Wildman–Crippen LogP) is 15.0. The summed E-state index contributed by atoms with van der Waals surface area (Å²) < 4.78 is 4.61. The Balaban J connectivity index is 1.21. The Hall–Kier alpha value is -9.46. The van der Waals surface area contributed by atoms with Crippen LogP contribution in [0.4, 0.5) is 5.69 Å². The quantitative estimate of drug-likeness (QED) is 0.156. The standard InChI is InChI=1S/C59H34N6/c1-37-29-38(34-60)19-24-45(37)41-20-25-50(59(32-41)65-55-18-10-8-16-49(55)52-31-40(22-27-57(52)65)47-14-6-4-12-43(47)36-62)53-33-44(63-2)23-28-58(53)64-54-17-9-7-15-48(54)51-30-39(21-26-56(51)64)46-13-5-3-11-42(46)35-61/h3-33H,1H3. The molecule has 0 N–H and O–H groups in total. The maximum atomic E-state index is 10.0. The number of aromatic nitrogens is 2. The molecule has 300 valence electrons. The first-order chi connectivity index (χ1) is 32.0. The van der Waals surface area contributed by atoms with Gasteiger partial charge in [0.15, 0.2) is 5.69 Å². The molecule has 11 rings (SSSR count). The van der Waals surface area contributed by atoms with Crippen LogP contribution in [0, 0.1) is 47.5 Å². The fraction of sp³-hybridized carbons (Fsp3) is 0.0169. The minimum Gasteiger partial charge on any atom is -0.309 e. The average Bonchev–Trinajstić information content (AvgIpc) is 3.88. The molecule has 0 amide bonds. The molecule has 0 atom stereocenters. The summed E-state index contributed by atoms with van der Waals surface area (Å²) >= 11 is 0. The summed E-state index contributed by atoms with van der Waals surface area (Å²) in [5, 5.41) is 34.0. The van der Waals surface area contributed by atoms with Gasteiger partial charge in [-0.25, -0.2) is 4.85 Å². The van der Waals surface area contributed by atoms with Gasteiger partial charge in [-0.15, -0.1) is 0 Å². The fourth-order valence-electron chi connectivity index (χ4n) is 9.64. The number of aryl methyl sites for hydroxylation is 1. The number of nitriles is 3. The molecule has 2 heterocycles. The summed E-state index contributed by atoms with van der Waals surface area (Å²) in [6.45, 7) is 10.3. The summed E-state index contributed by atoms with van der Waals surface area (Å²) in [7, 11) is 0. The van der Waals surface area contributed by atoms with Gasteiger partial charge in [0, 0.05) is 27.1 Å². The van der Waals surface area contributed by atoms with Crippen LogP contribution >= 0.6 is 0 Å². The van der Waals surface area contributed by atoms with Crippen LogP contribution in [0.1, 0.15) is 22.3 Å². The normalized spacial score (nSPS) is 11.1. The third-order valence-electron chi connectivity index (χ3n) is 12.6. The second-order valence-electron chi connectivity index (χ2n) is 16.2. The van der Waals surface area contributed by atoms with Crippen molar-refractivity contribution < 1.29 is 0 Å². The van der Waals surface area contributed by atoms with E-state index in [0.29, 0.717) is 22.4 Å². The lowest BCUT2D eigenvalue weighted by Gasteiger charge is -2.20. The second-order valence-corrected chi connectivity index (χ2v) is 16.2. The van der Waals surface area contributed by atoms with E-state index in [1.807, 2.05) is 85.8 Å². The van der Waals surface area contributed by atoms with E-state index in [2.05, 4.69) is 141 Å². The van der Waals surface area contributed by atoms with E-state index in [1.54, 1.807) is 0 Å². The zero-order chi connectivity index (χ0) is 44.2. The van der Waals surface area contributed by atoms with Crippen LogP contribution in [-0.4, -0.2) is 9.13 Å². The fourth-order valence-corrected chi connectivity index (χ4v) is 9.64. The van der Waals surface area contributed by atoms with Crippen molar-refractivity contribution >= 4 is 49.3 Å². The molecule has 0 saturated carbocycles. The lowest BCUT2D eigenvalue weighted by molar-refractivity contribution is 1.16. The van der Waals surface area contributed by atoms with E-state index in [1.165, 1.54) is 0 Å². The van der Waals surface area contributed by atoms with E-state index in [9.17, 15) is 15.8 Å².